The number of nitrogens with two attached hydrogens (primary N) is 1. The van der Waals surface area contributed by atoms with Crippen molar-refractivity contribution in [2.75, 3.05) is 13.1 Å². The molecule has 4 heterocycles. The molecule has 0 aliphatic rings. The van der Waals surface area contributed by atoms with Gasteiger partial charge in [0.15, 0.2) is 6.29 Å². The molecule has 0 aliphatic carbocycles. The SMILES string of the molecule is Cc1ccc(-c2cn3cc(C=NCC(=S)Cc4c(C)cccc4C)ccc3n2)cc1.Cc1ccc(-c2cn3cc(C=O)ccc3n2)cc1.Cc1cccc(C)c1CC(=S)CN. The van der Waals surface area contributed by atoms with Gasteiger partial charge in [-0.15, -0.1) is 0 Å². The Bertz CT molecular complexity index is 2790. The molecule has 7 nitrogen and oxygen atoms in total. The second-order valence-corrected chi connectivity index (χ2v) is 16.6. The summed E-state index contributed by atoms with van der Waals surface area (Å²) in [5.74, 6) is 0. The second kappa shape index (κ2) is 20.8. The van der Waals surface area contributed by atoms with Crippen LogP contribution >= 0.6 is 24.4 Å². The van der Waals surface area contributed by atoms with Crippen LogP contribution in [-0.4, -0.2) is 54.1 Å². The molecule has 0 saturated carbocycles. The summed E-state index contributed by atoms with van der Waals surface area (Å²) in [6.45, 7) is 13.7. The second-order valence-electron chi connectivity index (χ2n) is 15.4. The van der Waals surface area contributed by atoms with Gasteiger partial charge in [0, 0.05) is 82.4 Å². The maximum atomic E-state index is 10.7. The van der Waals surface area contributed by atoms with Crippen molar-refractivity contribution in [1.82, 2.24) is 18.8 Å². The summed E-state index contributed by atoms with van der Waals surface area (Å²) in [6, 6.07) is 37.0. The van der Waals surface area contributed by atoms with Gasteiger partial charge in [-0.2, -0.15) is 0 Å². The van der Waals surface area contributed by atoms with Crippen LogP contribution in [0.3, 0.4) is 0 Å². The van der Waals surface area contributed by atoms with Gasteiger partial charge in [-0.3, -0.25) is 9.79 Å². The molecule has 0 atom stereocenters. The fraction of sp³-hybridized carbons (Fsp3) is 0.192. The Morgan fingerprint density at radius 1 is 0.574 bits per heavy atom. The highest BCUT2D eigenvalue weighted by Gasteiger charge is 2.08. The van der Waals surface area contributed by atoms with Crippen LogP contribution < -0.4 is 5.73 Å². The molecule has 0 fully saturated rings. The summed E-state index contributed by atoms with van der Waals surface area (Å²) < 4.78 is 3.92. The summed E-state index contributed by atoms with van der Waals surface area (Å²) in [6.07, 6.45) is 12.2. The van der Waals surface area contributed by atoms with Crippen LogP contribution in [0, 0.1) is 41.5 Å². The number of nitrogens with zero attached hydrogens (tertiary/aromatic N) is 5. The number of pyridine rings is 2. The lowest BCUT2D eigenvalue weighted by Gasteiger charge is -2.09. The Morgan fingerprint density at radius 2 is 1.00 bits per heavy atom. The molecular weight excluding hydrogens is 789 g/mol. The minimum atomic E-state index is 0.503. The number of hydrogen-bond donors (Lipinski definition) is 1. The average molecular weight is 841 g/mol. The Labute approximate surface area is 370 Å². The van der Waals surface area contributed by atoms with E-state index >= 15 is 0 Å². The van der Waals surface area contributed by atoms with E-state index in [1.807, 2.05) is 39.4 Å². The summed E-state index contributed by atoms with van der Waals surface area (Å²) >= 11 is 10.7. The molecule has 8 rings (SSSR count). The number of fused-ring (bicyclic) bond motifs is 2. The van der Waals surface area contributed by atoms with Crippen LogP contribution in [0.2, 0.25) is 0 Å². The topological polar surface area (TPSA) is 90.0 Å². The van der Waals surface area contributed by atoms with Crippen molar-refractivity contribution in [2.45, 2.75) is 54.4 Å². The lowest BCUT2D eigenvalue weighted by Crippen LogP contribution is -2.14. The van der Waals surface area contributed by atoms with Gasteiger partial charge in [0.2, 0.25) is 0 Å². The number of carbonyl (C=O) groups excluding carboxylic acids is 1. The molecule has 4 aromatic heterocycles. The molecule has 0 bridgehead atoms. The highest BCUT2D eigenvalue weighted by molar-refractivity contribution is 7.80. The largest absolute Gasteiger partial charge is 0.326 e. The zero-order valence-electron chi connectivity index (χ0n) is 35.7. The fourth-order valence-electron chi connectivity index (χ4n) is 6.92. The molecule has 4 aromatic carbocycles. The van der Waals surface area contributed by atoms with Gasteiger partial charge in [-0.05, 0) is 99.2 Å². The Hall–Kier alpha value is -6.26. The third kappa shape index (κ3) is 11.9. The standard InChI is InChI=1S/C26H25N3S.C15H12N2O.C11H15NS/c1-18-7-10-22(11-8-18)25-17-29-16-21(9-12-26(29)28-25)14-27-15-23(30)13-24-19(2)5-4-6-20(24)3;1-11-2-5-13(6-3-11)14-9-17-8-12(10-18)4-7-15(17)16-14;1-8-4-3-5-9(2)11(8)6-10(13)7-12/h4-12,14,16-17H,13,15H2,1-3H3;2-10H,1H3;3-5H,6-7,12H2,1-2H3. The fourth-order valence-corrected chi connectivity index (χ4v) is 7.29. The maximum absolute atomic E-state index is 10.7. The van der Waals surface area contributed by atoms with Gasteiger partial charge in [0.05, 0.1) is 17.9 Å². The van der Waals surface area contributed by atoms with Crippen molar-refractivity contribution in [3.63, 3.8) is 0 Å². The molecule has 0 radical (unpaired) electrons. The van der Waals surface area contributed by atoms with Crippen molar-refractivity contribution in [1.29, 1.82) is 0 Å². The minimum absolute atomic E-state index is 0.503. The van der Waals surface area contributed by atoms with Gasteiger partial charge in [-0.1, -0.05) is 120 Å². The first-order valence-corrected chi connectivity index (χ1v) is 21.1. The van der Waals surface area contributed by atoms with Crippen LogP contribution in [0.15, 0.2) is 139 Å². The van der Waals surface area contributed by atoms with Crippen molar-refractivity contribution in [2.24, 2.45) is 10.7 Å². The number of aromatic nitrogens is 4. The molecule has 308 valence electrons. The molecule has 8 aromatic rings. The van der Waals surface area contributed by atoms with E-state index in [1.54, 1.807) is 12.3 Å². The first-order chi connectivity index (χ1) is 29.4. The number of carbonyl (C=O) groups is 1. The van der Waals surface area contributed by atoms with Crippen LogP contribution in [0.1, 0.15) is 60.4 Å². The number of aryl methyl sites for hydroxylation is 6. The lowest BCUT2D eigenvalue weighted by molar-refractivity contribution is 0.112. The number of hydrogen-bond acceptors (Lipinski definition) is 7. The van der Waals surface area contributed by atoms with E-state index in [1.165, 1.54) is 44.5 Å². The zero-order chi connectivity index (χ0) is 43.5. The molecule has 9 heteroatoms. The number of imidazole rings is 2. The van der Waals surface area contributed by atoms with E-state index in [4.69, 9.17) is 35.2 Å². The predicted octanol–water partition coefficient (Wildman–Crippen LogP) is 11.3. The Morgan fingerprint density at radius 3 is 1.44 bits per heavy atom. The van der Waals surface area contributed by atoms with Crippen molar-refractivity contribution < 1.29 is 4.79 Å². The van der Waals surface area contributed by atoms with E-state index in [0.717, 1.165) is 68.2 Å². The number of benzene rings is 4. The monoisotopic (exact) mass is 840 g/mol. The van der Waals surface area contributed by atoms with E-state index in [9.17, 15) is 4.79 Å². The number of rotatable bonds is 11. The molecule has 0 aliphatic heterocycles. The van der Waals surface area contributed by atoms with Crippen molar-refractivity contribution in [3.05, 3.63) is 190 Å². The summed E-state index contributed by atoms with van der Waals surface area (Å²) in [5.41, 5.74) is 23.3. The number of aliphatic imine (C=N–C) groups is 1. The Balaban J connectivity index is 0.000000170. The van der Waals surface area contributed by atoms with E-state index < -0.39 is 0 Å². The first kappa shape index (κ1) is 44.3. The predicted molar refractivity (Wildman–Crippen MR) is 262 cm³/mol. The van der Waals surface area contributed by atoms with E-state index in [2.05, 4.69) is 149 Å². The highest BCUT2D eigenvalue weighted by Crippen LogP contribution is 2.22. The van der Waals surface area contributed by atoms with Gasteiger partial charge in [-0.25, -0.2) is 9.97 Å². The molecule has 0 saturated heterocycles. The summed E-state index contributed by atoms with van der Waals surface area (Å²) in [7, 11) is 0. The first-order valence-electron chi connectivity index (χ1n) is 20.3. The number of thiocarbonyl (C=S) groups is 2. The van der Waals surface area contributed by atoms with Crippen LogP contribution in [-0.2, 0) is 12.8 Å². The van der Waals surface area contributed by atoms with Gasteiger partial charge in [0.1, 0.15) is 11.3 Å². The smallest absolute Gasteiger partial charge is 0.151 e. The summed E-state index contributed by atoms with van der Waals surface area (Å²) in [5, 5.41) is 0. The van der Waals surface area contributed by atoms with E-state index in [0.29, 0.717) is 18.7 Å². The lowest BCUT2D eigenvalue weighted by atomic mass is 9.99. The maximum Gasteiger partial charge on any atom is 0.151 e. The quantitative estimate of drug-likeness (QED) is 0.0792. The van der Waals surface area contributed by atoms with Gasteiger partial charge in [0.25, 0.3) is 0 Å². The molecule has 2 N–H and O–H groups in total. The highest BCUT2D eigenvalue weighted by atomic mass is 32.1. The third-order valence-electron chi connectivity index (χ3n) is 10.6. The van der Waals surface area contributed by atoms with Crippen LogP contribution in [0.25, 0.3) is 33.8 Å². The minimum Gasteiger partial charge on any atom is -0.326 e. The molecule has 0 unspecified atom stereocenters. The zero-order valence-corrected chi connectivity index (χ0v) is 37.4. The third-order valence-corrected chi connectivity index (χ3v) is 11.1. The molecule has 61 heavy (non-hydrogen) atoms. The number of aldehydes is 1. The van der Waals surface area contributed by atoms with Crippen LogP contribution in [0.4, 0.5) is 0 Å². The van der Waals surface area contributed by atoms with Crippen LogP contribution in [0.5, 0.6) is 0 Å². The average Bonchev–Trinajstić information content (AvgIpc) is 3.89. The van der Waals surface area contributed by atoms with Crippen molar-refractivity contribution in [3.8, 4) is 22.5 Å². The van der Waals surface area contributed by atoms with Crippen molar-refractivity contribution >= 4 is 58.0 Å². The molecular formula is C52H52N6OS2. The molecule has 0 spiro atoms. The van der Waals surface area contributed by atoms with E-state index in [-0.39, 0.29) is 0 Å². The normalized spacial score (nSPS) is 10.9. The summed E-state index contributed by atoms with van der Waals surface area (Å²) in [4.78, 5) is 26.4. The van der Waals surface area contributed by atoms with Gasteiger partial charge >= 0.3 is 0 Å². The Kier molecular flexibility index (Phi) is 15.1. The van der Waals surface area contributed by atoms with Gasteiger partial charge < -0.3 is 14.5 Å². The molecule has 0 amide bonds.